The lowest BCUT2D eigenvalue weighted by Crippen LogP contribution is -2.36. The van der Waals surface area contributed by atoms with E-state index in [4.69, 9.17) is 4.74 Å². The standard InChI is InChI=1S/C19H17BrN2O4/c1-2-26-19(25)16-15(12-6-4-3-5-7-12)11-22(18(16)24)17(23)13-8-14(20)10-21-9-13/h3-10,15-16H,2,11H2,1H3. The van der Waals surface area contributed by atoms with Crippen LogP contribution in [-0.4, -0.2) is 40.8 Å². The molecule has 2 heterocycles. The average molecular weight is 417 g/mol. The third-order valence-electron chi connectivity index (χ3n) is 4.28. The minimum Gasteiger partial charge on any atom is -0.465 e. The van der Waals surface area contributed by atoms with Gasteiger partial charge in [-0.25, -0.2) is 0 Å². The van der Waals surface area contributed by atoms with E-state index in [1.807, 2.05) is 30.3 Å². The fraction of sp³-hybridized carbons (Fsp3) is 0.263. The molecule has 0 radical (unpaired) electrons. The molecule has 3 rings (SSSR count). The van der Waals surface area contributed by atoms with Crippen molar-refractivity contribution in [3.8, 4) is 0 Å². The second kappa shape index (κ2) is 7.78. The van der Waals surface area contributed by atoms with Crippen LogP contribution in [0.1, 0.15) is 28.8 Å². The van der Waals surface area contributed by atoms with Gasteiger partial charge < -0.3 is 4.74 Å². The van der Waals surface area contributed by atoms with E-state index in [9.17, 15) is 14.4 Å². The maximum atomic E-state index is 12.9. The maximum absolute atomic E-state index is 12.9. The first-order valence-electron chi connectivity index (χ1n) is 8.20. The second-order valence-corrected chi connectivity index (χ2v) is 6.81. The van der Waals surface area contributed by atoms with E-state index < -0.39 is 29.6 Å². The number of likely N-dealkylation sites (tertiary alicyclic amines) is 1. The molecule has 1 aliphatic heterocycles. The van der Waals surface area contributed by atoms with Gasteiger partial charge >= 0.3 is 5.97 Å². The Kier molecular flexibility index (Phi) is 5.46. The second-order valence-electron chi connectivity index (χ2n) is 5.89. The van der Waals surface area contributed by atoms with Gasteiger partial charge in [0, 0.05) is 29.3 Å². The summed E-state index contributed by atoms with van der Waals surface area (Å²) >= 11 is 3.27. The highest BCUT2D eigenvalue weighted by Crippen LogP contribution is 2.35. The quantitative estimate of drug-likeness (QED) is 0.435. The largest absolute Gasteiger partial charge is 0.465 e. The van der Waals surface area contributed by atoms with Gasteiger partial charge in [-0.1, -0.05) is 30.3 Å². The zero-order chi connectivity index (χ0) is 18.7. The predicted octanol–water partition coefficient (Wildman–Crippen LogP) is 2.79. The molecule has 0 bridgehead atoms. The molecule has 7 heteroatoms. The fourth-order valence-corrected chi connectivity index (χ4v) is 3.46. The van der Waals surface area contributed by atoms with Crippen molar-refractivity contribution >= 4 is 33.7 Å². The number of imide groups is 1. The number of ether oxygens (including phenoxy) is 1. The lowest BCUT2D eigenvalue weighted by atomic mass is 9.89. The van der Waals surface area contributed by atoms with Crippen molar-refractivity contribution in [2.45, 2.75) is 12.8 Å². The van der Waals surface area contributed by atoms with Crippen molar-refractivity contribution in [1.82, 2.24) is 9.88 Å². The first kappa shape index (κ1) is 18.3. The van der Waals surface area contributed by atoms with Crippen LogP contribution in [0.4, 0.5) is 0 Å². The Morgan fingerprint density at radius 3 is 2.65 bits per heavy atom. The summed E-state index contributed by atoms with van der Waals surface area (Å²) in [5, 5.41) is 0. The fourth-order valence-electron chi connectivity index (χ4n) is 3.09. The lowest BCUT2D eigenvalue weighted by molar-refractivity contribution is -0.152. The molecule has 1 saturated heterocycles. The van der Waals surface area contributed by atoms with Crippen LogP contribution in [0.2, 0.25) is 0 Å². The molecule has 134 valence electrons. The van der Waals surface area contributed by atoms with Gasteiger partial charge in [0.1, 0.15) is 5.92 Å². The number of nitrogens with zero attached hydrogens (tertiary/aromatic N) is 2. The molecule has 0 aliphatic carbocycles. The van der Waals surface area contributed by atoms with Gasteiger partial charge in [0.2, 0.25) is 5.91 Å². The molecule has 26 heavy (non-hydrogen) atoms. The normalized spacial score (nSPS) is 19.5. The molecule has 1 aromatic heterocycles. The Morgan fingerprint density at radius 2 is 2.00 bits per heavy atom. The number of hydrogen-bond acceptors (Lipinski definition) is 5. The van der Waals surface area contributed by atoms with Crippen LogP contribution in [0.3, 0.4) is 0 Å². The SMILES string of the molecule is CCOC(=O)C1C(=O)N(C(=O)c2cncc(Br)c2)CC1c1ccccc1. The molecule has 1 aromatic carbocycles. The molecular formula is C19H17BrN2O4. The summed E-state index contributed by atoms with van der Waals surface area (Å²) in [6.45, 7) is 1.98. The molecule has 2 aromatic rings. The molecule has 2 unspecified atom stereocenters. The number of aromatic nitrogens is 1. The van der Waals surface area contributed by atoms with E-state index >= 15 is 0 Å². The first-order valence-corrected chi connectivity index (χ1v) is 9.00. The summed E-state index contributed by atoms with van der Waals surface area (Å²) in [6, 6.07) is 10.8. The van der Waals surface area contributed by atoms with Crippen LogP contribution in [-0.2, 0) is 14.3 Å². The smallest absolute Gasteiger partial charge is 0.319 e. The monoisotopic (exact) mass is 416 g/mol. The van der Waals surface area contributed by atoms with Crippen molar-refractivity contribution in [3.05, 3.63) is 64.4 Å². The van der Waals surface area contributed by atoms with Gasteiger partial charge in [0.05, 0.1) is 12.2 Å². The van der Waals surface area contributed by atoms with Crippen LogP contribution in [0.5, 0.6) is 0 Å². The molecule has 0 N–H and O–H groups in total. The van der Waals surface area contributed by atoms with E-state index in [0.29, 0.717) is 4.47 Å². The minimum atomic E-state index is -1.03. The van der Waals surface area contributed by atoms with E-state index in [0.717, 1.165) is 10.5 Å². The number of halogens is 1. The van der Waals surface area contributed by atoms with Gasteiger partial charge in [-0.05, 0) is 34.5 Å². The van der Waals surface area contributed by atoms with Crippen molar-refractivity contribution in [2.24, 2.45) is 5.92 Å². The number of esters is 1. The summed E-state index contributed by atoms with van der Waals surface area (Å²) in [4.78, 5) is 43.2. The van der Waals surface area contributed by atoms with Crippen LogP contribution in [0, 0.1) is 5.92 Å². The van der Waals surface area contributed by atoms with Gasteiger partial charge in [-0.2, -0.15) is 0 Å². The number of pyridine rings is 1. The number of carbonyl (C=O) groups is 3. The minimum absolute atomic E-state index is 0.123. The van der Waals surface area contributed by atoms with Crippen molar-refractivity contribution in [1.29, 1.82) is 0 Å². The van der Waals surface area contributed by atoms with Crippen LogP contribution < -0.4 is 0 Å². The summed E-state index contributed by atoms with van der Waals surface area (Å²) in [5.41, 5.74) is 1.10. The number of benzene rings is 1. The third-order valence-corrected chi connectivity index (χ3v) is 4.71. The maximum Gasteiger partial charge on any atom is 0.319 e. The number of amides is 2. The Balaban J connectivity index is 1.94. The summed E-state index contributed by atoms with van der Waals surface area (Å²) in [5.74, 6) is -3.08. The number of rotatable bonds is 4. The zero-order valence-electron chi connectivity index (χ0n) is 14.1. The van der Waals surface area contributed by atoms with Gasteiger partial charge in [0.15, 0.2) is 0 Å². The molecule has 6 nitrogen and oxygen atoms in total. The Labute approximate surface area is 159 Å². The molecule has 1 aliphatic rings. The highest BCUT2D eigenvalue weighted by molar-refractivity contribution is 9.10. The topological polar surface area (TPSA) is 76.6 Å². The first-order chi connectivity index (χ1) is 12.5. The van der Waals surface area contributed by atoms with Crippen LogP contribution in [0.25, 0.3) is 0 Å². The summed E-state index contributed by atoms with van der Waals surface area (Å²) in [6.07, 6.45) is 2.95. The molecule has 2 atom stereocenters. The van der Waals surface area contributed by atoms with E-state index in [-0.39, 0.29) is 18.7 Å². The number of hydrogen-bond donors (Lipinski definition) is 0. The Morgan fingerprint density at radius 1 is 1.27 bits per heavy atom. The highest BCUT2D eigenvalue weighted by atomic mass is 79.9. The highest BCUT2D eigenvalue weighted by Gasteiger charge is 2.48. The van der Waals surface area contributed by atoms with Gasteiger partial charge in [-0.15, -0.1) is 0 Å². The average Bonchev–Trinajstić information content (AvgIpc) is 2.99. The Bertz CT molecular complexity index is 840. The van der Waals surface area contributed by atoms with Gasteiger partial charge in [-0.3, -0.25) is 24.3 Å². The number of carbonyl (C=O) groups excluding carboxylic acids is 3. The molecular weight excluding hydrogens is 400 g/mol. The van der Waals surface area contributed by atoms with Crippen LogP contribution >= 0.6 is 15.9 Å². The third kappa shape index (κ3) is 3.53. The van der Waals surface area contributed by atoms with Crippen molar-refractivity contribution in [3.63, 3.8) is 0 Å². The van der Waals surface area contributed by atoms with E-state index in [1.165, 1.54) is 6.20 Å². The van der Waals surface area contributed by atoms with E-state index in [2.05, 4.69) is 20.9 Å². The van der Waals surface area contributed by atoms with Crippen molar-refractivity contribution in [2.75, 3.05) is 13.2 Å². The molecule has 0 saturated carbocycles. The molecule has 0 spiro atoms. The summed E-state index contributed by atoms with van der Waals surface area (Å²) in [7, 11) is 0. The molecule has 1 fully saturated rings. The lowest BCUT2D eigenvalue weighted by Gasteiger charge is -2.15. The zero-order valence-corrected chi connectivity index (χ0v) is 15.7. The van der Waals surface area contributed by atoms with Gasteiger partial charge in [0.25, 0.3) is 5.91 Å². The molecule has 2 amide bonds. The summed E-state index contributed by atoms with van der Waals surface area (Å²) < 4.78 is 5.72. The van der Waals surface area contributed by atoms with Crippen molar-refractivity contribution < 1.29 is 19.1 Å². The predicted molar refractivity (Wildman–Crippen MR) is 97.3 cm³/mol. The van der Waals surface area contributed by atoms with Crippen LogP contribution in [0.15, 0.2) is 53.3 Å². The van der Waals surface area contributed by atoms with E-state index in [1.54, 1.807) is 19.2 Å². The Hall–Kier alpha value is -2.54.